The van der Waals surface area contributed by atoms with Gasteiger partial charge in [-0.05, 0) is 36.8 Å². The molecular formula is C19H23FN4O2. The first-order valence-electron chi connectivity index (χ1n) is 8.87. The zero-order valence-corrected chi connectivity index (χ0v) is 14.6. The molecule has 2 aliphatic heterocycles. The van der Waals surface area contributed by atoms with Crippen molar-refractivity contribution in [3.63, 3.8) is 0 Å². The Bertz CT molecular complexity index is 808. The van der Waals surface area contributed by atoms with Crippen LogP contribution in [0.3, 0.4) is 0 Å². The van der Waals surface area contributed by atoms with Crippen LogP contribution in [0, 0.1) is 18.7 Å². The van der Waals surface area contributed by atoms with Crippen LogP contribution in [0.1, 0.15) is 29.0 Å². The monoisotopic (exact) mass is 358 g/mol. The normalized spacial score (nSPS) is 28.7. The van der Waals surface area contributed by atoms with Gasteiger partial charge < -0.3 is 15.1 Å². The molecule has 7 heteroatoms. The molecule has 4 N–H and O–H groups in total. The third-order valence-corrected chi connectivity index (χ3v) is 5.31. The molecule has 4 rings (SSSR count). The summed E-state index contributed by atoms with van der Waals surface area (Å²) in [5, 5.41) is 0. The fourth-order valence-electron chi connectivity index (χ4n) is 3.94. The van der Waals surface area contributed by atoms with Crippen LogP contribution in [0.4, 0.5) is 4.39 Å². The van der Waals surface area contributed by atoms with Crippen molar-refractivity contribution in [3.05, 3.63) is 59.3 Å². The zero-order chi connectivity index (χ0) is 18.3. The quantitative estimate of drug-likeness (QED) is 0.773. The van der Waals surface area contributed by atoms with E-state index in [1.165, 1.54) is 12.1 Å². The molecule has 0 bridgehead atoms. The van der Waals surface area contributed by atoms with Crippen LogP contribution in [0.25, 0.3) is 0 Å². The molecule has 1 aromatic carbocycles. The molecule has 0 radical (unpaired) electrons. The number of nitrogens with zero attached hydrogens (tertiary/aromatic N) is 1. The number of hydrogen-bond donors (Lipinski definition) is 3. The van der Waals surface area contributed by atoms with E-state index < -0.39 is 0 Å². The van der Waals surface area contributed by atoms with Crippen molar-refractivity contribution in [2.75, 3.05) is 19.6 Å². The van der Waals surface area contributed by atoms with Crippen LogP contribution >= 0.6 is 0 Å². The maximum absolute atomic E-state index is 13.6. The number of aryl methyl sites for hydroxylation is 1. The molecule has 1 aromatic heterocycles. The smallest absolute Gasteiger partial charge is 0.229 e. The first-order chi connectivity index (χ1) is 12.5. The molecule has 4 atom stereocenters. The van der Waals surface area contributed by atoms with Gasteiger partial charge in [-0.3, -0.25) is 10.2 Å². The Labute approximate surface area is 151 Å². The molecule has 2 fully saturated rings. The van der Waals surface area contributed by atoms with Gasteiger partial charge in [-0.15, -0.1) is 0 Å². The van der Waals surface area contributed by atoms with Crippen molar-refractivity contribution >= 4 is 5.91 Å². The van der Waals surface area contributed by atoms with E-state index >= 15 is 0 Å². The van der Waals surface area contributed by atoms with Gasteiger partial charge in [0.1, 0.15) is 17.3 Å². The molecular weight excluding hydrogens is 335 g/mol. The summed E-state index contributed by atoms with van der Waals surface area (Å²) >= 11 is 0. The summed E-state index contributed by atoms with van der Waals surface area (Å²) in [6.07, 6.45) is 0. The largest absolute Gasteiger partial charge is 0.466 e. The van der Waals surface area contributed by atoms with Crippen LogP contribution in [-0.2, 0) is 4.79 Å². The number of amides is 1. The van der Waals surface area contributed by atoms with Gasteiger partial charge in [-0.1, -0.05) is 12.1 Å². The van der Waals surface area contributed by atoms with E-state index in [4.69, 9.17) is 10.2 Å². The van der Waals surface area contributed by atoms with Crippen molar-refractivity contribution in [1.29, 1.82) is 0 Å². The van der Waals surface area contributed by atoms with E-state index in [9.17, 15) is 9.18 Å². The highest BCUT2D eigenvalue weighted by molar-refractivity contribution is 5.81. The Morgan fingerprint density at radius 3 is 2.88 bits per heavy atom. The summed E-state index contributed by atoms with van der Waals surface area (Å²) in [6.45, 7) is 3.43. The maximum Gasteiger partial charge on any atom is 0.229 e. The topological polar surface area (TPSA) is 83.5 Å². The van der Waals surface area contributed by atoms with Gasteiger partial charge in [0, 0.05) is 25.7 Å². The molecule has 1 amide bonds. The molecule has 2 aromatic rings. The van der Waals surface area contributed by atoms with E-state index in [0.29, 0.717) is 19.6 Å². The predicted molar refractivity (Wildman–Crippen MR) is 94.5 cm³/mol. The average Bonchev–Trinajstić information content (AvgIpc) is 3.33. The maximum atomic E-state index is 13.6. The SMILES string of the molecule is Cc1ccc([C@@H]2CN(C(=O)C3CNNC3c3cccc(F)c3)C[C@H]2N)o1. The second-order valence-electron chi connectivity index (χ2n) is 7.13. The lowest BCUT2D eigenvalue weighted by molar-refractivity contribution is -0.134. The minimum atomic E-state index is -0.307. The van der Waals surface area contributed by atoms with Crippen LogP contribution in [-0.4, -0.2) is 36.5 Å². The molecule has 6 nitrogen and oxygen atoms in total. The first-order valence-corrected chi connectivity index (χ1v) is 8.87. The summed E-state index contributed by atoms with van der Waals surface area (Å²) in [4.78, 5) is 14.9. The standard InChI is InChI=1S/C19H23FN4O2/c1-11-5-6-17(26-11)15-9-24(10-16(15)21)19(25)14-8-22-23-18(14)12-3-2-4-13(20)7-12/h2-7,14-16,18,22-23H,8-10,21H2,1H3/t14?,15-,16-,18?/m1/s1. The third kappa shape index (κ3) is 3.13. The number of carbonyl (C=O) groups is 1. The van der Waals surface area contributed by atoms with E-state index in [1.807, 2.05) is 25.1 Å². The van der Waals surface area contributed by atoms with Gasteiger partial charge in [0.15, 0.2) is 0 Å². The minimum Gasteiger partial charge on any atom is -0.466 e. The predicted octanol–water partition coefficient (Wildman–Crippen LogP) is 1.45. The summed E-state index contributed by atoms with van der Waals surface area (Å²) in [5.41, 5.74) is 13.2. The molecule has 2 unspecified atom stereocenters. The average molecular weight is 358 g/mol. The lowest BCUT2D eigenvalue weighted by atomic mass is 9.93. The van der Waals surface area contributed by atoms with Crippen molar-refractivity contribution in [3.8, 4) is 0 Å². The highest BCUT2D eigenvalue weighted by Crippen LogP contribution is 2.32. The Morgan fingerprint density at radius 1 is 1.31 bits per heavy atom. The van der Waals surface area contributed by atoms with Gasteiger partial charge in [-0.25, -0.2) is 9.82 Å². The van der Waals surface area contributed by atoms with E-state index in [1.54, 1.807) is 11.0 Å². The van der Waals surface area contributed by atoms with Gasteiger partial charge in [0.2, 0.25) is 5.91 Å². The number of nitrogens with two attached hydrogens (primary N) is 1. The third-order valence-electron chi connectivity index (χ3n) is 5.31. The molecule has 0 saturated carbocycles. The minimum absolute atomic E-state index is 0.00240. The number of nitrogens with one attached hydrogen (secondary N) is 2. The Morgan fingerprint density at radius 2 is 2.15 bits per heavy atom. The van der Waals surface area contributed by atoms with Gasteiger partial charge in [-0.2, -0.15) is 0 Å². The number of hydrogen-bond acceptors (Lipinski definition) is 5. The Balaban J connectivity index is 1.50. The number of likely N-dealkylation sites (tertiary alicyclic amines) is 1. The number of carbonyl (C=O) groups excluding carboxylic acids is 1. The second-order valence-corrected chi connectivity index (χ2v) is 7.13. The van der Waals surface area contributed by atoms with Crippen LogP contribution < -0.4 is 16.6 Å². The molecule has 138 valence electrons. The van der Waals surface area contributed by atoms with Crippen molar-refractivity contribution in [1.82, 2.24) is 15.8 Å². The van der Waals surface area contributed by atoms with Crippen molar-refractivity contribution in [2.45, 2.75) is 24.9 Å². The molecule has 3 heterocycles. The molecule has 2 saturated heterocycles. The van der Waals surface area contributed by atoms with Crippen molar-refractivity contribution < 1.29 is 13.6 Å². The van der Waals surface area contributed by atoms with Gasteiger partial charge >= 0.3 is 0 Å². The number of benzene rings is 1. The van der Waals surface area contributed by atoms with Gasteiger partial charge in [0.25, 0.3) is 0 Å². The second kappa shape index (κ2) is 6.83. The number of furan rings is 1. The first kappa shape index (κ1) is 17.2. The Hall–Kier alpha value is -2.22. The zero-order valence-electron chi connectivity index (χ0n) is 14.6. The van der Waals surface area contributed by atoms with Crippen molar-refractivity contribution in [2.24, 2.45) is 11.7 Å². The summed E-state index contributed by atoms with van der Waals surface area (Å²) in [6, 6.07) is 9.79. The van der Waals surface area contributed by atoms with Crippen LogP contribution in [0.5, 0.6) is 0 Å². The summed E-state index contributed by atoms with van der Waals surface area (Å²) < 4.78 is 19.3. The van der Waals surface area contributed by atoms with E-state index in [-0.39, 0.29) is 35.6 Å². The van der Waals surface area contributed by atoms with Gasteiger partial charge in [0.05, 0.1) is 17.9 Å². The fourth-order valence-corrected chi connectivity index (χ4v) is 3.94. The number of rotatable bonds is 3. The van der Waals surface area contributed by atoms with Crippen LogP contribution in [0.15, 0.2) is 40.8 Å². The summed E-state index contributed by atoms with van der Waals surface area (Å²) in [7, 11) is 0. The lowest BCUT2D eigenvalue weighted by Gasteiger charge is -2.24. The lowest BCUT2D eigenvalue weighted by Crippen LogP contribution is -2.39. The fraction of sp³-hybridized carbons (Fsp3) is 0.421. The van der Waals surface area contributed by atoms with E-state index in [2.05, 4.69) is 10.9 Å². The number of hydrazine groups is 1. The molecule has 0 aliphatic carbocycles. The highest BCUT2D eigenvalue weighted by atomic mass is 19.1. The number of halogens is 1. The molecule has 0 spiro atoms. The molecule has 26 heavy (non-hydrogen) atoms. The molecule has 2 aliphatic rings. The summed E-state index contributed by atoms with van der Waals surface area (Å²) in [5.74, 6) is 1.09. The highest BCUT2D eigenvalue weighted by Gasteiger charge is 2.42. The van der Waals surface area contributed by atoms with Crippen LogP contribution in [0.2, 0.25) is 0 Å². The van der Waals surface area contributed by atoms with E-state index in [0.717, 1.165) is 17.1 Å². The Kier molecular flexibility index (Phi) is 4.52.